The van der Waals surface area contributed by atoms with Gasteiger partial charge < -0.3 is 29.6 Å². The van der Waals surface area contributed by atoms with E-state index in [-0.39, 0.29) is 5.75 Å². The fraction of sp³-hybridized carbons (Fsp3) is 0.133. The fourth-order valence-corrected chi connectivity index (χ4v) is 3.82. The van der Waals surface area contributed by atoms with Crippen molar-refractivity contribution in [1.82, 2.24) is 4.98 Å². The third-order valence-electron chi connectivity index (χ3n) is 2.94. The van der Waals surface area contributed by atoms with Crippen LogP contribution in [0.15, 0.2) is 12.1 Å². The zero-order valence-electron chi connectivity index (χ0n) is 20.1. The second-order valence-electron chi connectivity index (χ2n) is 5.66. The van der Waals surface area contributed by atoms with Gasteiger partial charge in [0.15, 0.2) is 17.7 Å². The van der Waals surface area contributed by atoms with E-state index in [1.807, 2.05) is 11.4 Å². The molecule has 0 radical (unpaired) electrons. The van der Waals surface area contributed by atoms with E-state index in [1.54, 1.807) is 0 Å². The fourth-order valence-electron chi connectivity index (χ4n) is 1.67. The molecule has 0 saturated heterocycles. The largest absolute Gasteiger partial charge is 0.403 e. The average molecular weight is 666 g/mol. The zero-order valence-corrected chi connectivity index (χ0v) is 21.9. The van der Waals surface area contributed by atoms with Gasteiger partial charge in [-0.05, 0) is 54.3 Å². The number of pyridine rings is 1. The van der Waals surface area contributed by atoms with Crippen LogP contribution in [0.2, 0.25) is 0 Å². The van der Waals surface area contributed by atoms with Gasteiger partial charge in [-0.3, -0.25) is 9.13 Å². The van der Waals surface area contributed by atoms with Crippen molar-refractivity contribution in [2.45, 2.75) is 12.4 Å². The van der Waals surface area contributed by atoms with Crippen LogP contribution < -0.4 is 10.1 Å². The number of hydrogen-bond acceptors (Lipinski definition) is 22. The molecule has 43 heavy (non-hydrogen) atoms. The molecule has 0 atom stereocenters. The highest BCUT2D eigenvalue weighted by atomic mass is 31.2. The summed E-state index contributed by atoms with van der Waals surface area (Å²) in [5.41, 5.74) is -2.24. The highest BCUT2D eigenvalue weighted by Crippen LogP contribution is 2.59. The van der Waals surface area contributed by atoms with Gasteiger partial charge in [0.25, 0.3) is 0 Å². The van der Waals surface area contributed by atoms with E-state index >= 15 is 0 Å². The molecular formula is C15H12N2O24P2. The smallest absolute Gasteiger partial charge is 0.360 e. The van der Waals surface area contributed by atoms with Gasteiger partial charge in [-0.25, -0.2) is 15.1 Å². The Morgan fingerprint density at radius 1 is 0.674 bits per heavy atom. The Kier molecular flexibility index (Phi) is 19.2. The second-order valence-corrected chi connectivity index (χ2v) is 9.46. The summed E-state index contributed by atoms with van der Waals surface area (Å²) in [6.07, 6.45) is 3.96. The SMILES string of the molecule is Cc1ccc(OC#CC#CC#CC#COOOOOOOOOOOOOOOOO)c(NC(P(=O)(O)O)P(=O)(O)O)n1. The Morgan fingerprint density at radius 2 is 1.12 bits per heavy atom. The molecule has 0 aliphatic rings. The maximum absolute atomic E-state index is 11.5. The molecule has 1 aromatic heterocycles. The number of ether oxygens (including phenoxy) is 1. The predicted octanol–water partition coefficient (Wildman–Crippen LogP) is -0.788. The molecular weight excluding hydrogens is 654 g/mol. The van der Waals surface area contributed by atoms with Gasteiger partial charge >= 0.3 is 15.2 Å². The monoisotopic (exact) mass is 666 g/mol. The number of aryl methyl sites for hydroxylation is 1. The van der Waals surface area contributed by atoms with Crippen LogP contribution in [0.3, 0.4) is 0 Å². The topological polar surface area (TPSA) is 317 Å². The summed E-state index contributed by atoms with van der Waals surface area (Å²) < 4.78 is 28.0. The molecule has 0 aliphatic carbocycles. The van der Waals surface area contributed by atoms with E-state index in [0.717, 1.165) is 0 Å². The summed E-state index contributed by atoms with van der Waals surface area (Å²) in [6.45, 7) is 1.51. The molecule has 0 saturated carbocycles. The maximum Gasteiger partial charge on any atom is 0.360 e. The van der Waals surface area contributed by atoms with E-state index in [2.05, 4.69) is 127 Å². The van der Waals surface area contributed by atoms with Crippen molar-refractivity contribution < 1.29 is 119 Å². The minimum Gasteiger partial charge on any atom is -0.403 e. The molecule has 0 spiro atoms. The van der Waals surface area contributed by atoms with Crippen LogP contribution in [0, 0.1) is 54.7 Å². The van der Waals surface area contributed by atoms with Crippen molar-refractivity contribution in [1.29, 1.82) is 0 Å². The average Bonchev–Trinajstić information content (AvgIpc) is 2.93. The third kappa shape index (κ3) is 19.3. The van der Waals surface area contributed by atoms with Gasteiger partial charge in [-0.1, -0.05) is 0 Å². The van der Waals surface area contributed by atoms with Crippen LogP contribution in [-0.2, 0) is 89.6 Å². The molecule has 0 unspecified atom stereocenters. The molecule has 0 amide bonds. The van der Waals surface area contributed by atoms with Crippen molar-refractivity contribution in [3.05, 3.63) is 17.8 Å². The van der Waals surface area contributed by atoms with Gasteiger partial charge in [-0.15, -0.1) is 0 Å². The minimum absolute atomic E-state index is 0.215. The molecule has 0 aliphatic heterocycles. The first kappa shape index (κ1) is 37.5. The van der Waals surface area contributed by atoms with E-state index in [0.29, 0.717) is 5.69 Å². The lowest BCUT2D eigenvalue weighted by atomic mass is 10.3. The van der Waals surface area contributed by atoms with Crippen molar-refractivity contribution in [3.63, 3.8) is 0 Å². The first-order chi connectivity index (χ1) is 20.6. The number of rotatable bonds is 20. The maximum atomic E-state index is 11.5. The Morgan fingerprint density at radius 3 is 1.60 bits per heavy atom. The number of aromatic nitrogens is 1. The molecule has 0 fully saturated rings. The highest BCUT2D eigenvalue weighted by Gasteiger charge is 2.44. The summed E-state index contributed by atoms with van der Waals surface area (Å²) >= 11 is 0. The van der Waals surface area contributed by atoms with Gasteiger partial charge in [0.05, 0.1) is 0 Å². The lowest BCUT2D eigenvalue weighted by molar-refractivity contribution is -0.886. The first-order valence-corrected chi connectivity index (χ1v) is 12.7. The molecule has 26 nitrogen and oxygen atoms in total. The van der Waals surface area contributed by atoms with Crippen molar-refractivity contribution in [2.24, 2.45) is 0 Å². The molecule has 0 bridgehead atoms. The summed E-state index contributed by atoms with van der Waals surface area (Å²) in [4.78, 5) is 45.0. The Bertz CT molecular complexity index is 1300. The standard InChI is InChI=1S/C15H12N2O24P2/c1-12-8-9-13(14(16-12)17-15(42(19,20)21)43(22,23)24)25-10-6-4-2-3-5-7-11-26-28-30-32-34-36-38-40-41-39-37-35-33-31-29-27-18/h8-9,15,18H,1H3,(H,16,17)(H2,19,20,21)(H2,22,23,24). The molecule has 1 heterocycles. The number of nitrogens with zero attached hydrogens (tertiary/aromatic N) is 1. The molecule has 1 aromatic rings. The molecule has 6 N–H and O–H groups in total. The number of hydrogen-bond donors (Lipinski definition) is 6. The van der Waals surface area contributed by atoms with Crippen LogP contribution in [0.5, 0.6) is 5.75 Å². The lowest BCUT2D eigenvalue weighted by Crippen LogP contribution is -2.21. The summed E-state index contributed by atoms with van der Waals surface area (Å²) in [5, 5.41) is 62.0. The van der Waals surface area contributed by atoms with E-state index in [1.165, 1.54) is 19.1 Å². The number of anilines is 1. The van der Waals surface area contributed by atoms with Gasteiger partial charge in [0.2, 0.25) is 5.52 Å². The van der Waals surface area contributed by atoms with Crippen LogP contribution in [0.4, 0.5) is 5.82 Å². The third-order valence-corrected chi connectivity index (χ3v) is 6.28. The second kappa shape index (κ2) is 22.1. The van der Waals surface area contributed by atoms with Crippen molar-refractivity contribution in [3.8, 4) is 53.5 Å². The summed E-state index contributed by atoms with van der Waals surface area (Å²) in [5.74, 6) is 12.6. The molecule has 0 aromatic carbocycles. The Balaban J connectivity index is 2.28. The molecule has 1 rings (SSSR count). The summed E-state index contributed by atoms with van der Waals surface area (Å²) in [7, 11) is -10.6. The molecule has 236 valence electrons. The van der Waals surface area contributed by atoms with Crippen molar-refractivity contribution in [2.75, 3.05) is 5.32 Å². The van der Waals surface area contributed by atoms with E-state index in [9.17, 15) is 28.7 Å². The summed E-state index contributed by atoms with van der Waals surface area (Å²) in [6, 6.07) is 2.71. The van der Waals surface area contributed by atoms with Gasteiger partial charge in [-0.2, -0.15) is 0 Å². The highest BCUT2D eigenvalue weighted by molar-refractivity contribution is 7.71. The Labute approximate surface area is 235 Å². The van der Waals surface area contributed by atoms with Gasteiger partial charge in [0.1, 0.15) is 6.11 Å². The van der Waals surface area contributed by atoms with Crippen LogP contribution in [0.25, 0.3) is 0 Å². The predicted molar refractivity (Wildman–Crippen MR) is 112 cm³/mol. The lowest BCUT2D eigenvalue weighted by Gasteiger charge is -2.22. The normalized spacial score (nSPS) is 10.7. The number of nitrogens with one attached hydrogen (secondary N) is 1. The Hall–Kier alpha value is -3.55. The zero-order chi connectivity index (χ0) is 31.8. The van der Waals surface area contributed by atoms with Crippen molar-refractivity contribution >= 4 is 21.0 Å². The molecule has 28 heteroatoms. The van der Waals surface area contributed by atoms with Crippen LogP contribution in [-0.4, -0.2) is 35.3 Å². The minimum atomic E-state index is -5.30. The van der Waals surface area contributed by atoms with Gasteiger partial charge in [0, 0.05) is 81.5 Å². The van der Waals surface area contributed by atoms with E-state index < -0.39 is 26.5 Å². The first-order valence-electron chi connectivity index (χ1n) is 9.37. The van der Waals surface area contributed by atoms with Crippen LogP contribution >= 0.6 is 15.2 Å². The van der Waals surface area contributed by atoms with E-state index in [4.69, 9.17) is 9.99 Å². The van der Waals surface area contributed by atoms with Crippen LogP contribution in [0.1, 0.15) is 5.69 Å². The quantitative estimate of drug-likeness (QED) is 0.0326.